The van der Waals surface area contributed by atoms with Crippen LogP contribution in [0.15, 0.2) is 29.3 Å². The quantitative estimate of drug-likeness (QED) is 0.316. The van der Waals surface area contributed by atoms with Gasteiger partial charge in [0.2, 0.25) is 11.8 Å². The average molecular weight is 541 g/mol. The summed E-state index contributed by atoms with van der Waals surface area (Å²) < 4.78 is 0. The maximum absolute atomic E-state index is 12.8. The molecule has 1 saturated heterocycles. The summed E-state index contributed by atoms with van der Waals surface area (Å²) in [6, 6.07) is 8.06. The zero-order valence-corrected chi connectivity index (χ0v) is 21.3. The van der Waals surface area contributed by atoms with Crippen LogP contribution in [0.25, 0.3) is 0 Å². The first-order chi connectivity index (χ1) is 14.4. The Kier molecular flexibility index (Phi) is 9.58. The standard InChI is InChI=1S/C23H35N5O2.HI/c1-4-24-22(26-17-23(13-5-6-14-23)21(30)27(2)3)25-16-18-9-11-19(12-10-18)28-15-7-8-20(28)29;/h9-12H,4-8,13-17H2,1-3H3,(H2,24,25,26);1H. The molecule has 2 N–H and O–H groups in total. The van der Waals surface area contributed by atoms with Gasteiger partial charge in [-0.3, -0.25) is 9.59 Å². The van der Waals surface area contributed by atoms with Crippen LogP contribution in [0, 0.1) is 5.41 Å². The number of benzene rings is 1. The van der Waals surface area contributed by atoms with Crippen molar-refractivity contribution in [3.8, 4) is 0 Å². The number of halogens is 1. The van der Waals surface area contributed by atoms with Crippen LogP contribution in [0.3, 0.4) is 0 Å². The molecule has 2 aliphatic rings. The Morgan fingerprint density at radius 2 is 1.81 bits per heavy atom. The highest BCUT2D eigenvalue weighted by atomic mass is 127. The Labute approximate surface area is 203 Å². The summed E-state index contributed by atoms with van der Waals surface area (Å²) >= 11 is 0. The van der Waals surface area contributed by atoms with Crippen molar-refractivity contribution in [1.29, 1.82) is 0 Å². The third kappa shape index (κ3) is 6.33. The Bertz CT molecular complexity index is 773. The Hall–Kier alpha value is -1.84. The van der Waals surface area contributed by atoms with Crippen molar-refractivity contribution in [1.82, 2.24) is 15.5 Å². The molecule has 7 nitrogen and oxygen atoms in total. The molecule has 172 valence electrons. The SMILES string of the molecule is CCNC(=NCc1ccc(N2CCCC2=O)cc1)NCC1(C(=O)N(C)C)CCCC1.I. The monoisotopic (exact) mass is 541 g/mol. The number of hydrogen-bond acceptors (Lipinski definition) is 3. The van der Waals surface area contributed by atoms with E-state index in [0.29, 0.717) is 19.5 Å². The Balaban J connectivity index is 0.00000341. The lowest BCUT2D eigenvalue weighted by Crippen LogP contribution is -2.49. The summed E-state index contributed by atoms with van der Waals surface area (Å²) in [5.41, 5.74) is 1.71. The fourth-order valence-electron chi connectivity index (χ4n) is 4.46. The number of hydrogen-bond donors (Lipinski definition) is 2. The molecule has 1 aromatic rings. The summed E-state index contributed by atoms with van der Waals surface area (Å²) in [4.78, 5) is 33.0. The van der Waals surface area contributed by atoms with Gasteiger partial charge >= 0.3 is 0 Å². The molecule has 0 atom stereocenters. The summed E-state index contributed by atoms with van der Waals surface area (Å²) in [6.07, 6.45) is 5.61. The first kappa shape index (κ1) is 25.4. The second-order valence-corrected chi connectivity index (χ2v) is 8.55. The molecule has 0 bridgehead atoms. The van der Waals surface area contributed by atoms with Crippen LogP contribution < -0.4 is 15.5 Å². The van der Waals surface area contributed by atoms with Gasteiger partial charge in [-0.05, 0) is 43.9 Å². The molecule has 1 saturated carbocycles. The van der Waals surface area contributed by atoms with Crippen molar-refractivity contribution in [2.24, 2.45) is 10.4 Å². The molecule has 2 fully saturated rings. The minimum atomic E-state index is -0.330. The van der Waals surface area contributed by atoms with E-state index < -0.39 is 0 Å². The normalized spacial score (nSPS) is 18.0. The number of anilines is 1. The highest BCUT2D eigenvalue weighted by Gasteiger charge is 2.42. The van der Waals surface area contributed by atoms with E-state index >= 15 is 0 Å². The zero-order chi connectivity index (χ0) is 21.6. The molecule has 1 aromatic carbocycles. The maximum atomic E-state index is 12.8. The van der Waals surface area contributed by atoms with Crippen LogP contribution in [-0.2, 0) is 16.1 Å². The Morgan fingerprint density at radius 1 is 1.13 bits per heavy atom. The molecule has 1 aliphatic heterocycles. The second kappa shape index (κ2) is 11.7. The summed E-state index contributed by atoms with van der Waals surface area (Å²) in [5, 5.41) is 6.70. The van der Waals surface area contributed by atoms with Crippen LogP contribution in [0.4, 0.5) is 5.69 Å². The molecular formula is C23H36IN5O2. The third-order valence-corrected chi connectivity index (χ3v) is 6.10. The zero-order valence-electron chi connectivity index (χ0n) is 18.9. The molecular weight excluding hydrogens is 505 g/mol. The van der Waals surface area contributed by atoms with E-state index in [4.69, 9.17) is 4.99 Å². The first-order valence-corrected chi connectivity index (χ1v) is 11.1. The molecule has 1 aliphatic carbocycles. The molecule has 0 aromatic heterocycles. The van der Waals surface area contributed by atoms with Gasteiger partial charge in [0.25, 0.3) is 0 Å². The summed E-state index contributed by atoms with van der Waals surface area (Å²) in [7, 11) is 3.67. The minimum Gasteiger partial charge on any atom is -0.357 e. The average Bonchev–Trinajstić information content (AvgIpc) is 3.39. The number of nitrogens with zero attached hydrogens (tertiary/aromatic N) is 3. The number of nitrogens with one attached hydrogen (secondary N) is 2. The van der Waals surface area contributed by atoms with Crippen LogP contribution in [0.5, 0.6) is 0 Å². The maximum Gasteiger partial charge on any atom is 0.230 e. The van der Waals surface area contributed by atoms with Gasteiger partial charge in [0, 0.05) is 45.8 Å². The van der Waals surface area contributed by atoms with E-state index in [9.17, 15) is 9.59 Å². The van der Waals surface area contributed by atoms with Gasteiger partial charge in [-0.15, -0.1) is 24.0 Å². The Morgan fingerprint density at radius 3 is 2.35 bits per heavy atom. The van der Waals surface area contributed by atoms with Crippen LogP contribution in [0.1, 0.15) is 51.0 Å². The van der Waals surface area contributed by atoms with E-state index in [0.717, 1.165) is 62.4 Å². The van der Waals surface area contributed by atoms with Crippen LogP contribution in [-0.4, -0.2) is 56.4 Å². The lowest BCUT2D eigenvalue weighted by molar-refractivity contribution is -0.138. The molecule has 3 rings (SSSR count). The van der Waals surface area contributed by atoms with Gasteiger partial charge in [0.05, 0.1) is 12.0 Å². The lowest BCUT2D eigenvalue weighted by Gasteiger charge is -2.31. The third-order valence-electron chi connectivity index (χ3n) is 6.10. The van der Waals surface area contributed by atoms with Gasteiger partial charge in [0.1, 0.15) is 0 Å². The number of carbonyl (C=O) groups is 2. The molecule has 8 heteroatoms. The minimum absolute atomic E-state index is 0. The van der Waals surface area contributed by atoms with Crippen LogP contribution in [0.2, 0.25) is 0 Å². The van der Waals surface area contributed by atoms with E-state index in [-0.39, 0.29) is 41.2 Å². The topological polar surface area (TPSA) is 77.0 Å². The number of amides is 2. The van der Waals surface area contributed by atoms with Crippen molar-refractivity contribution in [2.75, 3.05) is 38.6 Å². The predicted octanol–water partition coefficient (Wildman–Crippen LogP) is 3.14. The predicted molar refractivity (Wildman–Crippen MR) is 136 cm³/mol. The number of rotatable bonds is 7. The summed E-state index contributed by atoms with van der Waals surface area (Å²) in [6.45, 7) is 4.74. The van der Waals surface area contributed by atoms with Crippen molar-refractivity contribution >= 4 is 47.4 Å². The number of aliphatic imine (C=N–C) groups is 1. The number of carbonyl (C=O) groups excluding carboxylic acids is 2. The smallest absolute Gasteiger partial charge is 0.230 e. The lowest BCUT2D eigenvalue weighted by atomic mass is 9.84. The fourth-order valence-corrected chi connectivity index (χ4v) is 4.46. The summed E-state index contributed by atoms with van der Waals surface area (Å²) in [5.74, 6) is 1.14. The molecule has 2 amide bonds. The van der Waals surface area contributed by atoms with Crippen molar-refractivity contribution in [2.45, 2.75) is 52.0 Å². The second-order valence-electron chi connectivity index (χ2n) is 8.55. The van der Waals surface area contributed by atoms with Gasteiger partial charge in [-0.1, -0.05) is 25.0 Å². The van der Waals surface area contributed by atoms with Gasteiger partial charge < -0.3 is 20.4 Å². The molecule has 0 unspecified atom stereocenters. The highest BCUT2D eigenvalue weighted by Crippen LogP contribution is 2.38. The molecule has 1 heterocycles. The fraction of sp³-hybridized carbons (Fsp3) is 0.609. The van der Waals surface area contributed by atoms with Crippen LogP contribution >= 0.6 is 24.0 Å². The molecule has 0 spiro atoms. The van der Waals surface area contributed by atoms with E-state index in [1.807, 2.05) is 50.2 Å². The van der Waals surface area contributed by atoms with E-state index in [1.54, 1.807) is 4.90 Å². The molecule has 31 heavy (non-hydrogen) atoms. The number of guanidine groups is 1. The highest BCUT2D eigenvalue weighted by molar-refractivity contribution is 14.0. The largest absolute Gasteiger partial charge is 0.357 e. The molecule has 0 radical (unpaired) electrons. The van der Waals surface area contributed by atoms with Gasteiger partial charge in [0.15, 0.2) is 5.96 Å². The van der Waals surface area contributed by atoms with E-state index in [1.165, 1.54) is 0 Å². The van der Waals surface area contributed by atoms with E-state index in [2.05, 4.69) is 10.6 Å². The van der Waals surface area contributed by atoms with Gasteiger partial charge in [-0.2, -0.15) is 0 Å². The van der Waals surface area contributed by atoms with Gasteiger partial charge in [-0.25, -0.2) is 4.99 Å². The van der Waals surface area contributed by atoms with Crippen molar-refractivity contribution < 1.29 is 9.59 Å². The first-order valence-electron chi connectivity index (χ1n) is 11.1. The van der Waals surface area contributed by atoms with Crippen molar-refractivity contribution in [3.63, 3.8) is 0 Å². The van der Waals surface area contributed by atoms with Crippen molar-refractivity contribution in [3.05, 3.63) is 29.8 Å².